The van der Waals surface area contributed by atoms with E-state index < -0.39 is 10.0 Å². The van der Waals surface area contributed by atoms with Gasteiger partial charge in [-0.2, -0.15) is 10.1 Å². The van der Waals surface area contributed by atoms with Gasteiger partial charge in [0.1, 0.15) is 10.6 Å². The monoisotopic (exact) mass is 567 g/mol. The Balaban J connectivity index is 1.49. The number of piperazine rings is 1. The van der Waals surface area contributed by atoms with Crippen LogP contribution in [0, 0.1) is 13.8 Å². The van der Waals surface area contributed by atoms with Crippen molar-refractivity contribution in [2.75, 3.05) is 42.8 Å². The van der Waals surface area contributed by atoms with Crippen LogP contribution in [0.25, 0.3) is 11.3 Å². The van der Waals surface area contributed by atoms with Gasteiger partial charge in [0.15, 0.2) is 0 Å². The molecule has 0 bridgehead atoms. The normalized spacial score (nSPS) is 14.4. The second-order valence-electron chi connectivity index (χ2n) is 9.64. The molecule has 0 unspecified atom stereocenters. The lowest BCUT2D eigenvalue weighted by atomic mass is 10.00. The molecule has 0 amide bonds. The molecule has 204 valence electrons. The maximum Gasteiger partial charge on any atom is 0.267 e. The van der Waals surface area contributed by atoms with Crippen molar-refractivity contribution in [1.82, 2.24) is 24.6 Å². The molecule has 2 aromatic carbocycles. The van der Waals surface area contributed by atoms with Crippen LogP contribution in [0.2, 0.25) is 5.02 Å². The van der Waals surface area contributed by atoms with E-state index >= 15 is 0 Å². The Labute approximate surface area is 233 Å². The van der Waals surface area contributed by atoms with E-state index in [9.17, 15) is 8.42 Å². The van der Waals surface area contributed by atoms with Crippen molar-refractivity contribution in [3.05, 3.63) is 71.0 Å². The summed E-state index contributed by atoms with van der Waals surface area (Å²) in [7, 11) is -0.225. The number of halogens is 1. The van der Waals surface area contributed by atoms with Crippen molar-refractivity contribution < 1.29 is 13.2 Å². The van der Waals surface area contributed by atoms with Gasteiger partial charge in [-0.1, -0.05) is 29.8 Å². The van der Waals surface area contributed by atoms with Gasteiger partial charge in [0.25, 0.3) is 10.0 Å². The fraction of sp³-hybridized carbons (Fsp3) is 0.296. The minimum Gasteiger partial charge on any atom is -0.439 e. The van der Waals surface area contributed by atoms with Crippen LogP contribution in [0.3, 0.4) is 0 Å². The van der Waals surface area contributed by atoms with Crippen LogP contribution in [0.5, 0.6) is 11.6 Å². The Morgan fingerprint density at radius 1 is 0.974 bits per heavy atom. The fourth-order valence-electron chi connectivity index (χ4n) is 4.56. The average Bonchev–Trinajstić information content (AvgIpc) is 3.32. The van der Waals surface area contributed by atoms with Gasteiger partial charge < -0.3 is 14.5 Å². The van der Waals surface area contributed by atoms with Gasteiger partial charge in [-0.25, -0.2) is 18.1 Å². The number of nitrogens with one attached hydrogen (secondary N) is 1. The molecule has 0 spiro atoms. The number of benzene rings is 2. The second-order valence-corrected chi connectivity index (χ2v) is 11.7. The number of rotatable bonds is 7. The molecule has 2 aromatic heterocycles. The van der Waals surface area contributed by atoms with E-state index in [2.05, 4.69) is 36.6 Å². The van der Waals surface area contributed by atoms with Crippen molar-refractivity contribution in [1.29, 1.82) is 0 Å². The number of anilines is 2. The highest BCUT2D eigenvalue weighted by Gasteiger charge is 2.21. The Kier molecular flexibility index (Phi) is 7.48. The third kappa shape index (κ3) is 6.00. The van der Waals surface area contributed by atoms with Crippen LogP contribution in [0.1, 0.15) is 11.1 Å². The maximum absolute atomic E-state index is 13.0. The molecule has 1 saturated heterocycles. The van der Waals surface area contributed by atoms with Gasteiger partial charge in [-0.3, -0.25) is 4.68 Å². The zero-order valence-electron chi connectivity index (χ0n) is 22.2. The number of likely N-dealkylation sites (N-methyl/N-ethyl adjacent to an activating group) is 1. The number of hydrogen-bond acceptors (Lipinski definition) is 8. The first kappa shape index (κ1) is 26.9. The molecule has 0 aliphatic carbocycles. The van der Waals surface area contributed by atoms with Gasteiger partial charge in [0.2, 0.25) is 11.8 Å². The highest BCUT2D eigenvalue weighted by Crippen LogP contribution is 2.34. The summed E-state index contributed by atoms with van der Waals surface area (Å²) < 4.78 is 36.0. The van der Waals surface area contributed by atoms with Crippen LogP contribution in [0.15, 0.2) is 59.8 Å². The summed E-state index contributed by atoms with van der Waals surface area (Å²) in [6.07, 6.45) is 2.66. The van der Waals surface area contributed by atoms with Gasteiger partial charge in [0, 0.05) is 57.1 Å². The second kappa shape index (κ2) is 10.8. The van der Waals surface area contributed by atoms with E-state index in [1.54, 1.807) is 19.2 Å². The van der Waals surface area contributed by atoms with E-state index in [-0.39, 0.29) is 16.7 Å². The molecule has 10 nitrogen and oxygen atoms in total. The van der Waals surface area contributed by atoms with Crippen LogP contribution in [-0.4, -0.2) is 66.3 Å². The van der Waals surface area contributed by atoms with E-state index in [1.807, 2.05) is 44.2 Å². The lowest BCUT2D eigenvalue weighted by Crippen LogP contribution is -2.44. The molecule has 1 N–H and O–H groups in total. The molecular formula is C27H30ClN7O3S. The van der Waals surface area contributed by atoms with E-state index in [0.717, 1.165) is 48.6 Å². The minimum atomic E-state index is -3.97. The van der Waals surface area contributed by atoms with Crippen molar-refractivity contribution in [3.63, 3.8) is 0 Å². The molecule has 1 aliphatic heterocycles. The number of sulfonamides is 1. The first-order valence-electron chi connectivity index (χ1n) is 12.5. The smallest absolute Gasteiger partial charge is 0.267 e. The summed E-state index contributed by atoms with van der Waals surface area (Å²) >= 11 is 6.65. The van der Waals surface area contributed by atoms with Crippen LogP contribution < -0.4 is 14.4 Å². The highest BCUT2D eigenvalue weighted by molar-refractivity contribution is 7.92. The summed E-state index contributed by atoms with van der Waals surface area (Å²) in [6.45, 7) is 7.66. The summed E-state index contributed by atoms with van der Waals surface area (Å²) in [5.74, 6) is 0.536. The molecule has 39 heavy (non-hydrogen) atoms. The molecule has 12 heteroatoms. The summed E-state index contributed by atoms with van der Waals surface area (Å²) in [5.41, 5.74) is 4.32. The predicted molar refractivity (Wildman–Crippen MR) is 152 cm³/mol. The molecule has 3 heterocycles. The van der Waals surface area contributed by atoms with Crippen LogP contribution in [-0.2, 0) is 17.1 Å². The topological polar surface area (TPSA) is 105 Å². The summed E-state index contributed by atoms with van der Waals surface area (Å²) in [6, 6.07) is 13.1. The maximum atomic E-state index is 13.0. The number of nitrogens with zero attached hydrogens (tertiary/aromatic N) is 6. The number of aryl methyl sites for hydroxylation is 3. The summed E-state index contributed by atoms with van der Waals surface area (Å²) in [4.78, 5) is 13.4. The van der Waals surface area contributed by atoms with Gasteiger partial charge >= 0.3 is 0 Å². The van der Waals surface area contributed by atoms with E-state index in [4.69, 9.17) is 16.3 Å². The van der Waals surface area contributed by atoms with Crippen LogP contribution >= 0.6 is 11.6 Å². The first-order valence-corrected chi connectivity index (χ1v) is 14.3. The van der Waals surface area contributed by atoms with Crippen molar-refractivity contribution in [2.24, 2.45) is 7.05 Å². The number of ether oxygens (including phenoxy) is 1. The largest absolute Gasteiger partial charge is 0.439 e. The molecule has 1 aliphatic rings. The Morgan fingerprint density at radius 2 is 1.69 bits per heavy atom. The highest BCUT2D eigenvalue weighted by atomic mass is 35.5. The molecule has 4 aromatic rings. The van der Waals surface area contributed by atoms with Gasteiger partial charge in [-0.15, -0.1) is 0 Å². The van der Waals surface area contributed by atoms with Gasteiger partial charge in [0.05, 0.1) is 22.6 Å². The van der Waals surface area contributed by atoms with Crippen molar-refractivity contribution >= 4 is 33.3 Å². The molecule has 0 radical (unpaired) electrons. The van der Waals surface area contributed by atoms with E-state index in [0.29, 0.717) is 16.5 Å². The Bertz CT molecular complexity index is 1600. The zero-order valence-corrected chi connectivity index (χ0v) is 23.8. The molecule has 0 saturated carbocycles. The molecule has 1 fully saturated rings. The minimum absolute atomic E-state index is 0.000166. The average molecular weight is 568 g/mol. The fourth-order valence-corrected chi connectivity index (χ4v) is 5.78. The Hall–Kier alpha value is -3.67. The third-order valence-electron chi connectivity index (χ3n) is 6.64. The molecule has 0 atom stereocenters. The quantitative estimate of drug-likeness (QED) is 0.348. The Morgan fingerprint density at radius 3 is 2.33 bits per heavy atom. The standard InChI is InChI=1S/C27H30ClN7O3S/c1-18-6-5-7-19(2)26(18)23-15-25(31-27(30-23)32-39(36,37)21-16-29-34(4)17-21)38-20-8-9-24(22(28)14-20)35-12-10-33(3)11-13-35/h5-9,14-17H,10-13H2,1-4H3,(H,30,31,32). The lowest BCUT2D eigenvalue weighted by Gasteiger charge is -2.34. The predicted octanol–water partition coefficient (Wildman–Crippen LogP) is 4.49. The van der Waals surface area contributed by atoms with Crippen molar-refractivity contribution in [3.8, 4) is 22.9 Å². The first-order chi connectivity index (χ1) is 18.6. The van der Waals surface area contributed by atoms with Gasteiger partial charge in [-0.05, 0) is 44.2 Å². The number of aromatic nitrogens is 4. The SMILES string of the molecule is Cc1cccc(C)c1-c1cc(Oc2ccc(N3CCN(C)CC3)c(Cl)c2)nc(NS(=O)(=O)c2cnn(C)c2)n1. The third-order valence-corrected chi connectivity index (χ3v) is 8.23. The lowest BCUT2D eigenvalue weighted by molar-refractivity contribution is 0.313. The zero-order chi connectivity index (χ0) is 27.7. The number of hydrogen-bond donors (Lipinski definition) is 1. The van der Waals surface area contributed by atoms with Crippen molar-refractivity contribution in [2.45, 2.75) is 18.7 Å². The summed E-state index contributed by atoms with van der Waals surface area (Å²) in [5, 5.41) is 4.52. The van der Waals surface area contributed by atoms with Crippen LogP contribution in [0.4, 0.5) is 11.6 Å². The molecule has 5 rings (SSSR count). The van der Waals surface area contributed by atoms with E-state index in [1.165, 1.54) is 17.1 Å². The molecular weight excluding hydrogens is 538 g/mol.